The molecule has 0 amide bonds. The van der Waals surface area contributed by atoms with E-state index in [-0.39, 0.29) is 0 Å². The first-order chi connectivity index (χ1) is 11.5. The Labute approximate surface area is 149 Å². The molecule has 2 aromatic heterocycles. The van der Waals surface area contributed by atoms with Gasteiger partial charge in [0.1, 0.15) is 17.8 Å². The van der Waals surface area contributed by atoms with E-state index in [1.54, 1.807) is 24.4 Å². The number of aryl methyl sites for hydroxylation is 1. The molecule has 24 heavy (non-hydrogen) atoms. The van der Waals surface area contributed by atoms with E-state index in [1.165, 1.54) is 6.33 Å². The summed E-state index contributed by atoms with van der Waals surface area (Å²) in [6, 6.07) is 8.89. The van der Waals surface area contributed by atoms with Crippen molar-refractivity contribution < 1.29 is 0 Å². The normalized spacial score (nSPS) is 10.5. The SMILES string of the molecule is Cc1ccc(Nc2ncnc(Nc3cc(Cl)cc(Cl)c3)c2N)nc1. The number of hydrogen-bond donors (Lipinski definition) is 3. The number of anilines is 5. The smallest absolute Gasteiger partial charge is 0.160 e. The second-order valence-corrected chi connectivity index (χ2v) is 5.99. The Morgan fingerprint density at radius 1 is 0.917 bits per heavy atom. The average Bonchev–Trinajstić information content (AvgIpc) is 2.52. The lowest BCUT2D eigenvalue weighted by atomic mass is 10.3. The lowest BCUT2D eigenvalue weighted by Gasteiger charge is -2.12. The predicted molar refractivity (Wildman–Crippen MR) is 98.4 cm³/mol. The number of nitrogens with zero attached hydrogens (tertiary/aromatic N) is 3. The molecular weight excluding hydrogens is 347 g/mol. The van der Waals surface area contributed by atoms with Gasteiger partial charge >= 0.3 is 0 Å². The molecule has 0 fully saturated rings. The average molecular weight is 361 g/mol. The largest absolute Gasteiger partial charge is 0.393 e. The Morgan fingerprint density at radius 3 is 2.21 bits per heavy atom. The third kappa shape index (κ3) is 3.84. The fourth-order valence-electron chi connectivity index (χ4n) is 2.02. The molecule has 122 valence electrons. The maximum absolute atomic E-state index is 6.14. The molecule has 3 aromatic rings. The molecular formula is C16H14Cl2N6. The summed E-state index contributed by atoms with van der Waals surface area (Å²) >= 11 is 12.0. The number of benzene rings is 1. The van der Waals surface area contributed by atoms with Gasteiger partial charge in [-0.2, -0.15) is 0 Å². The van der Waals surface area contributed by atoms with Crippen LogP contribution in [0, 0.1) is 6.92 Å². The molecule has 0 saturated heterocycles. The maximum Gasteiger partial charge on any atom is 0.160 e. The summed E-state index contributed by atoms with van der Waals surface area (Å²) in [4.78, 5) is 12.6. The van der Waals surface area contributed by atoms with Gasteiger partial charge in [-0.3, -0.25) is 0 Å². The quantitative estimate of drug-likeness (QED) is 0.632. The molecule has 0 unspecified atom stereocenters. The van der Waals surface area contributed by atoms with Crippen molar-refractivity contribution in [1.29, 1.82) is 0 Å². The van der Waals surface area contributed by atoms with Crippen LogP contribution in [0.4, 0.5) is 28.8 Å². The number of halogens is 2. The second kappa shape index (κ2) is 6.90. The highest BCUT2D eigenvalue weighted by Gasteiger charge is 2.10. The number of rotatable bonds is 4. The standard InChI is InChI=1S/C16H14Cl2N6/c1-9-2-3-13(20-7-9)24-16-14(19)15(21-8-22-16)23-12-5-10(17)4-11(18)6-12/h2-8H,19H2,1H3,(H2,20,21,22,23,24). The highest BCUT2D eigenvalue weighted by Crippen LogP contribution is 2.30. The van der Waals surface area contributed by atoms with Crippen LogP contribution in [0.15, 0.2) is 42.9 Å². The molecule has 0 saturated carbocycles. The molecule has 6 nitrogen and oxygen atoms in total. The van der Waals surface area contributed by atoms with Gasteiger partial charge in [-0.05, 0) is 36.8 Å². The fraction of sp³-hybridized carbons (Fsp3) is 0.0625. The first-order valence-corrected chi connectivity index (χ1v) is 7.80. The molecule has 0 aliphatic rings. The Kier molecular flexibility index (Phi) is 4.69. The number of pyridine rings is 1. The van der Waals surface area contributed by atoms with Gasteiger partial charge in [-0.25, -0.2) is 15.0 Å². The van der Waals surface area contributed by atoms with Crippen molar-refractivity contribution in [3.8, 4) is 0 Å². The Bertz CT molecular complexity index is 847. The van der Waals surface area contributed by atoms with E-state index in [0.717, 1.165) is 5.56 Å². The summed E-state index contributed by atoms with van der Waals surface area (Å²) in [5.41, 5.74) is 8.24. The highest BCUT2D eigenvalue weighted by atomic mass is 35.5. The molecule has 0 atom stereocenters. The van der Waals surface area contributed by atoms with Crippen molar-refractivity contribution >= 4 is 52.0 Å². The van der Waals surface area contributed by atoms with E-state index >= 15 is 0 Å². The molecule has 0 radical (unpaired) electrons. The second-order valence-electron chi connectivity index (χ2n) is 5.11. The zero-order valence-corrected chi connectivity index (χ0v) is 14.2. The van der Waals surface area contributed by atoms with Gasteiger partial charge in [0.25, 0.3) is 0 Å². The fourth-order valence-corrected chi connectivity index (χ4v) is 2.55. The van der Waals surface area contributed by atoms with Crippen LogP contribution in [0.1, 0.15) is 5.56 Å². The molecule has 0 aliphatic heterocycles. The predicted octanol–water partition coefficient (Wildman–Crippen LogP) is 4.56. The summed E-state index contributed by atoms with van der Waals surface area (Å²) in [6.07, 6.45) is 3.16. The minimum absolute atomic E-state index is 0.357. The molecule has 0 bridgehead atoms. The van der Waals surface area contributed by atoms with Crippen molar-refractivity contribution in [2.24, 2.45) is 0 Å². The number of nitrogen functional groups attached to an aromatic ring is 1. The van der Waals surface area contributed by atoms with E-state index in [2.05, 4.69) is 25.6 Å². The van der Waals surface area contributed by atoms with E-state index in [0.29, 0.717) is 38.9 Å². The molecule has 1 aromatic carbocycles. The van der Waals surface area contributed by atoms with E-state index in [9.17, 15) is 0 Å². The van der Waals surface area contributed by atoms with Crippen molar-refractivity contribution in [3.63, 3.8) is 0 Å². The summed E-state index contributed by atoms with van der Waals surface area (Å²) in [5.74, 6) is 1.54. The van der Waals surface area contributed by atoms with E-state index in [1.807, 2.05) is 19.1 Å². The Balaban J connectivity index is 1.86. The summed E-state index contributed by atoms with van der Waals surface area (Å²) in [6.45, 7) is 1.97. The first-order valence-electron chi connectivity index (χ1n) is 7.04. The highest BCUT2D eigenvalue weighted by molar-refractivity contribution is 6.35. The summed E-state index contributed by atoms with van der Waals surface area (Å²) in [7, 11) is 0. The number of aromatic nitrogens is 3. The van der Waals surface area contributed by atoms with Crippen LogP contribution < -0.4 is 16.4 Å². The van der Waals surface area contributed by atoms with Gasteiger partial charge in [0, 0.05) is 21.9 Å². The van der Waals surface area contributed by atoms with Crippen molar-refractivity contribution in [2.45, 2.75) is 6.92 Å². The monoisotopic (exact) mass is 360 g/mol. The van der Waals surface area contributed by atoms with E-state index < -0.39 is 0 Å². The number of nitrogens with two attached hydrogens (primary N) is 1. The summed E-state index contributed by atoms with van der Waals surface area (Å²) in [5, 5.41) is 7.18. The molecule has 4 N–H and O–H groups in total. The van der Waals surface area contributed by atoms with Gasteiger partial charge in [0.15, 0.2) is 11.6 Å². The lowest BCUT2D eigenvalue weighted by molar-refractivity contribution is 1.16. The Morgan fingerprint density at radius 2 is 1.58 bits per heavy atom. The first kappa shape index (κ1) is 16.3. The number of hydrogen-bond acceptors (Lipinski definition) is 6. The Hall–Kier alpha value is -2.57. The molecule has 2 heterocycles. The zero-order valence-electron chi connectivity index (χ0n) is 12.7. The molecule has 3 rings (SSSR count). The van der Waals surface area contributed by atoms with Crippen LogP contribution in [0.3, 0.4) is 0 Å². The van der Waals surface area contributed by atoms with Gasteiger partial charge < -0.3 is 16.4 Å². The van der Waals surface area contributed by atoms with Gasteiger partial charge in [0.2, 0.25) is 0 Å². The zero-order chi connectivity index (χ0) is 17.1. The van der Waals surface area contributed by atoms with Gasteiger partial charge in [-0.15, -0.1) is 0 Å². The van der Waals surface area contributed by atoms with Crippen molar-refractivity contribution in [1.82, 2.24) is 15.0 Å². The topological polar surface area (TPSA) is 88.8 Å². The van der Waals surface area contributed by atoms with Crippen LogP contribution >= 0.6 is 23.2 Å². The number of nitrogens with one attached hydrogen (secondary N) is 2. The minimum atomic E-state index is 0.357. The van der Waals surface area contributed by atoms with Gasteiger partial charge in [0.05, 0.1) is 0 Å². The third-order valence-corrected chi connectivity index (χ3v) is 3.60. The van der Waals surface area contributed by atoms with Gasteiger partial charge in [-0.1, -0.05) is 29.3 Å². The molecule has 0 aliphatic carbocycles. The molecule has 8 heteroatoms. The third-order valence-electron chi connectivity index (χ3n) is 3.17. The lowest BCUT2D eigenvalue weighted by Crippen LogP contribution is -2.05. The molecule has 0 spiro atoms. The van der Waals surface area contributed by atoms with Crippen LogP contribution in [0.2, 0.25) is 10.0 Å². The van der Waals surface area contributed by atoms with E-state index in [4.69, 9.17) is 28.9 Å². The minimum Gasteiger partial charge on any atom is -0.393 e. The van der Waals surface area contributed by atoms with Crippen molar-refractivity contribution in [2.75, 3.05) is 16.4 Å². The summed E-state index contributed by atoms with van der Waals surface area (Å²) < 4.78 is 0. The van der Waals surface area contributed by atoms with Crippen LogP contribution in [-0.2, 0) is 0 Å². The van der Waals surface area contributed by atoms with Crippen molar-refractivity contribution in [3.05, 3.63) is 58.5 Å². The maximum atomic E-state index is 6.14. The van der Waals surface area contributed by atoms with Crippen LogP contribution in [0.25, 0.3) is 0 Å². The van der Waals surface area contributed by atoms with Crippen LogP contribution in [-0.4, -0.2) is 15.0 Å². The van der Waals surface area contributed by atoms with Crippen LogP contribution in [0.5, 0.6) is 0 Å².